The summed E-state index contributed by atoms with van der Waals surface area (Å²) in [4.78, 5) is 13.0. The molecule has 2 aliphatic rings. The number of hydrogen-bond donors (Lipinski definition) is 2. The minimum atomic E-state index is -0.780. The molecule has 0 radical (unpaired) electrons. The topological polar surface area (TPSA) is 66.6 Å². The minimum absolute atomic E-state index is 0.0978. The zero-order valence-corrected chi connectivity index (χ0v) is 8.57. The van der Waals surface area contributed by atoms with Gasteiger partial charge in [0.2, 0.25) is 0 Å². The highest BCUT2D eigenvalue weighted by Gasteiger charge is 2.45. The van der Waals surface area contributed by atoms with Crippen LogP contribution < -0.4 is 5.73 Å². The highest BCUT2D eigenvalue weighted by molar-refractivity contribution is 5.68. The predicted octanol–water partition coefficient (Wildman–Crippen LogP) is 0.415. The van der Waals surface area contributed by atoms with Crippen LogP contribution in [0.15, 0.2) is 0 Å². The first kappa shape index (κ1) is 9.93. The molecule has 0 spiro atoms. The van der Waals surface area contributed by atoms with Crippen molar-refractivity contribution in [1.29, 1.82) is 0 Å². The second-order valence-electron chi connectivity index (χ2n) is 4.89. The van der Waals surface area contributed by atoms with Gasteiger partial charge < -0.3 is 10.8 Å². The summed E-state index contributed by atoms with van der Waals surface area (Å²) < 4.78 is 0. The molecule has 14 heavy (non-hydrogen) atoms. The molecule has 0 aromatic heterocycles. The number of carboxylic acid groups (broad SMARTS) is 1. The molecule has 80 valence electrons. The van der Waals surface area contributed by atoms with Gasteiger partial charge >= 0.3 is 5.97 Å². The van der Waals surface area contributed by atoms with Crippen LogP contribution in [0.2, 0.25) is 0 Å². The van der Waals surface area contributed by atoms with Crippen molar-refractivity contribution in [2.75, 3.05) is 6.54 Å². The van der Waals surface area contributed by atoms with Gasteiger partial charge in [0.05, 0.1) is 6.42 Å². The summed E-state index contributed by atoms with van der Waals surface area (Å²) in [6.45, 7) is 2.90. The van der Waals surface area contributed by atoms with Crippen LogP contribution >= 0.6 is 0 Å². The summed E-state index contributed by atoms with van der Waals surface area (Å²) in [5.41, 5.74) is 5.59. The minimum Gasteiger partial charge on any atom is -0.481 e. The molecule has 1 aliphatic carbocycles. The van der Waals surface area contributed by atoms with E-state index in [1.165, 1.54) is 12.8 Å². The Balaban J connectivity index is 1.99. The van der Waals surface area contributed by atoms with Crippen molar-refractivity contribution in [3.8, 4) is 0 Å². The fraction of sp³-hybridized carbons (Fsp3) is 0.900. The Bertz CT molecular complexity index is 253. The lowest BCUT2D eigenvalue weighted by Crippen LogP contribution is -2.44. The molecule has 0 amide bonds. The van der Waals surface area contributed by atoms with Crippen LogP contribution in [0.4, 0.5) is 0 Å². The van der Waals surface area contributed by atoms with Crippen molar-refractivity contribution in [1.82, 2.24) is 4.90 Å². The van der Waals surface area contributed by atoms with Crippen molar-refractivity contribution in [2.24, 2.45) is 5.73 Å². The molecule has 4 nitrogen and oxygen atoms in total. The average molecular weight is 198 g/mol. The van der Waals surface area contributed by atoms with Crippen LogP contribution in [-0.2, 0) is 4.79 Å². The monoisotopic (exact) mass is 198 g/mol. The number of hydrogen-bond acceptors (Lipinski definition) is 3. The average Bonchev–Trinajstić information content (AvgIpc) is 2.77. The maximum atomic E-state index is 10.7. The van der Waals surface area contributed by atoms with E-state index in [9.17, 15) is 4.79 Å². The van der Waals surface area contributed by atoms with E-state index in [0.29, 0.717) is 12.1 Å². The number of rotatable bonds is 3. The Morgan fingerprint density at radius 1 is 1.64 bits per heavy atom. The van der Waals surface area contributed by atoms with E-state index in [2.05, 4.69) is 11.8 Å². The van der Waals surface area contributed by atoms with Gasteiger partial charge in [-0.1, -0.05) is 0 Å². The Hall–Kier alpha value is -0.610. The SMILES string of the molecule is CC1CC(N)(CC(=O)O)CN1C1CC1. The fourth-order valence-electron chi connectivity index (χ4n) is 2.61. The van der Waals surface area contributed by atoms with E-state index in [1.54, 1.807) is 0 Å². The highest BCUT2D eigenvalue weighted by atomic mass is 16.4. The molecule has 1 heterocycles. The van der Waals surface area contributed by atoms with E-state index < -0.39 is 11.5 Å². The Morgan fingerprint density at radius 2 is 2.29 bits per heavy atom. The summed E-state index contributed by atoms with van der Waals surface area (Å²) in [5.74, 6) is -0.780. The number of likely N-dealkylation sites (tertiary alicyclic amines) is 1. The first-order valence-corrected chi connectivity index (χ1v) is 5.27. The maximum absolute atomic E-state index is 10.7. The van der Waals surface area contributed by atoms with Crippen molar-refractivity contribution in [3.63, 3.8) is 0 Å². The summed E-state index contributed by atoms with van der Waals surface area (Å²) in [6.07, 6.45) is 3.43. The Morgan fingerprint density at radius 3 is 2.79 bits per heavy atom. The van der Waals surface area contributed by atoms with E-state index in [1.807, 2.05) is 0 Å². The van der Waals surface area contributed by atoms with Gasteiger partial charge in [-0.25, -0.2) is 0 Å². The van der Waals surface area contributed by atoms with Crippen LogP contribution in [-0.4, -0.2) is 40.1 Å². The number of aliphatic carboxylic acids is 1. The van der Waals surface area contributed by atoms with Crippen LogP contribution in [0.1, 0.15) is 32.6 Å². The number of nitrogens with zero attached hydrogens (tertiary/aromatic N) is 1. The quantitative estimate of drug-likeness (QED) is 0.689. The summed E-state index contributed by atoms with van der Waals surface area (Å²) in [7, 11) is 0. The molecule has 3 N–H and O–H groups in total. The van der Waals surface area contributed by atoms with E-state index in [0.717, 1.165) is 13.0 Å². The number of carboxylic acids is 1. The number of nitrogens with two attached hydrogens (primary N) is 1. The van der Waals surface area contributed by atoms with E-state index >= 15 is 0 Å². The molecule has 2 fully saturated rings. The van der Waals surface area contributed by atoms with Gasteiger partial charge in [0.25, 0.3) is 0 Å². The van der Waals surface area contributed by atoms with Crippen LogP contribution in [0, 0.1) is 0 Å². The van der Waals surface area contributed by atoms with Gasteiger partial charge in [0.15, 0.2) is 0 Å². The van der Waals surface area contributed by atoms with Gasteiger partial charge in [-0.2, -0.15) is 0 Å². The number of carbonyl (C=O) groups is 1. The van der Waals surface area contributed by atoms with Gasteiger partial charge in [0, 0.05) is 24.2 Å². The first-order chi connectivity index (χ1) is 6.50. The smallest absolute Gasteiger partial charge is 0.305 e. The molecule has 1 saturated carbocycles. The molecule has 2 atom stereocenters. The van der Waals surface area contributed by atoms with Crippen LogP contribution in [0.3, 0.4) is 0 Å². The van der Waals surface area contributed by atoms with E-state index in [-0.39, 0.29) is 6.42 Å². The second kappa shape index (κ2) is 3.21. The molecule has 4 heteroatoms. The molecule has 1 saturated heterocycles. The van der Waals surface area contributed by atoms with Gasteiger partial charge in [0.1, 0.15) is 0 Å². The Labute approximate surface area is 84.1 Å². The normalized spacial score (nSPS) is 38.9. The van der Waals surface area contributed by atoms with E-state index in [4.69, 9.17) is 10.8 Å². The standard InChI is InChI=1S/C10H18N2O2/c1-7-4-10(11,5-9(13)14)6-12(7)8-2-3-8/h7-8H,2-6,11H2,1H3,(H,13,14). The lowest BCUT2D eigenvalue weighted by molar-refractivity contribution is -0.138. The first-order valence-electron chi connectivity index (χ1n) is 5.27. The molecule has 0 bridgehead atoms. The molecule has 2 rings (SSSR count). The third-order valence-corrected chi connectivity index (χ3v) is 3.28. The fourth-order valence-corrected chi connectivity index (χ4v) is 2.61. The summed E-state index contributed by atoms with van der Waals surface area (Å²) >= 11 is 0. The van der Waals surface area contributed by atoms with Crippen molar-refractivity contribution in [3.05, 3.63) is 0 Å². The summed E-state index contributed by atoms with van der Waals surface area (Å²) in [5, 5.41) is 8.77. The second-order valence-corrected chi connectivity index (χ2v) is 4.89. The third-order valence-electron chi connectivity index (χ3n) is 3.28. The molecule has 0 aromatic rings. The Kier molecular flexibility index (Phi) is 2.27. The van der Waals surface area contributed by atoms with Crippen molar-refractivity contribution >= 4 is 5.97 Å². The molecule has 0 aromatic carbocycles. The van der Waals surface area contributed by atoms with Crippen LogP contribution in [0.25, 0.3) is 0 Å². The largest absolute Gasteiger partial charge is 0.481 e. The highest BCUT2D eigenvalue weighted by Crippen LogP contribution is 2.37. The van der Waals surface area contributed by atoms with Gasteiger partial charge in [-0.05, 0) is 26.2 Å². The summed E-state index contributed by atoms with van der Waals surface area (Å²) in [6, 6.07) is 1.14. The lowest BCUT2D eigenvalue weighted by Gasteiger charge is -2.22. The van der Waals surface area contributed by atoms with Crippen molar-refractivity contribution in [2.45, 2.75) is 50.2 Å². The molecule has 1 aliphatic heterocycles. The van der Waals surface area contributed by atoms with Crippen molar-refractivity contribution < 1.29 is 9.90 Å². The van der Waals surface area contributed by atoms with Gasteiger partial charge in [-0.15, -0.1) is 0 Å². The molecular formula is C10H18N2O2. The molecule has 2 unspecified atom stereocenters. The third kappa shape index (κ3) is 1.91. The van der Waals surface area contributed by atoms with Gasteiger partial charge in [-0.3, -0.25) is 9.69 Å². The van der Waals surface area contributed by atoms with Crippen LogP contribution in [0.5, 0.6) is 0 Å². The maximum Gasteiger partial charge on any atom is 0.305 e. The molecular weight excluding hydrogens is 180 g/mol. The predicted molar refractivity (Wildman–Crippen MR) is 53.0 cm³/mol. The lowest BCUT2D eigenvalue weighted by atomic mass is 9.94. The zero-order chi connectivity index (χ0) is 10.3. The zero-order valence-electron chi connectivity index (χ0n) is 8.57.